The number of carbonyl (C=O) groups is 1. The normalized spacial score (nSPS) is 17.8. The molecule has 174 valence electrons. The quantitative estimate of drug-likeness (QED) is 0.453. The van der Waals surface area contributed by atoms with Gasteiger partial charge in [-0.15, -0.1) is 0 Å². The first-order chi connectivity index (χ1) is 16.3. The molecular weight excluding hydrogens is 422 g/mol. The van der Waals surface area contributed by atoms with Gasteiger partial charge in [0.2, 0.25) is 0 Å². The van der Waals surface area contributed by atoms with Crippen LogP contribution in [0.2, 0.25) is 0 Å². The SMILES string of the molecule is CC1CN(C2=Nc3ccccc3Oc3ccccc32)CCN1C(=O)c1ccc(C(C)(C)C)cc1. The highest BCUT2D eigenvalue weighted by Gasteiger charge is 2.32. The summed E-state index contributed by atoms with van der Waals surface area (Å²) in [6, 6.07) is 24.0. The van der Waals surface area contributed by atoms with Gasteiger partial charge in [0.15, 0.2) is 5.75 Å². The summed E-state index contributed by atoms with van der Waals surface area (Å²) in [6.07, 6.45) is 0. The third-order valence-corrected chi connectivity index (χ3v) is 6.63. The van der Waals surface area contributed by atoms with Crippen LogP contribution in [0.5, 0.6) is 11.5 Å². The van der Waals surface area contributed by atoms with Crippen molar-refractivity contribution in [2.45, 2.75) is 39.2 Å². The van der Waals surface area contributed by atoms with Crippen LogP contribution in [0.1, 0.15) is 49.2 Å². The van der Waals surface area contributed by atoms with Crippen LogP contribution < -0.4 is 4.74 Å². The van der Waals surface area contributed by atoms with Crippen molar-refractivity contribution in [1.29, 1.82) is 0 Å². The molecule has 2 heterocycles. The molecule has 1 saturated heterocycles. The van der Waals surface area contributed by atoms with Crippen molar-refractivity contribution in [2.75, 3.05) is 19.6 Å². The van der Waals surface area contributed by atoms with Crippen LogP contribution >= 0.6 is 0 Å². The Hall–Kier alpha value is -3.60. The third-order valence-electron chi connectivity index (χ3n) is 6.63. The maximum absolute atomic E-state index is 13.3. The lowest BCUT2D eigenvalue weighted by molar-refractivity contribution is 0.0581. The van der Waals surface area contributed by atoms with Crippen LogP contribution in [-0.4, -0.2) is 47.2 Å². The zero-order valence-corrected chi connectivity index (χ0v) is 20.3. The highest BCUT2D eigenvalue weighted by atomic mass is 16.5. The Morgan fingerprint density at radius 2 is 1.59 bits per heavy atom. The van der Waals surface area contributed by atoms with Gasteiger partial charge in [-0.25, -0.2) is 4.99 Å². The Bertz CT molecular complexity index is 1240. The molecule has 3 aromatic rings. The number of aliphatic imine (C=N–C) groups is 1. The van der Waals surface area contributed by atoms with Gasteiger partial charge in [0.25, 0.3) is 5.91 Å². The summed E-state index contributed by atoms with van der Waals surface area (Å²) in [5.74, 6) is 2.54. The van der Waals surface area contributed by atoms with Crippen LogP contribution in [0.25, 0.3) is 0 Å². The minimum Gasteiger partial charge on any atom is -0.454 e. The number of fused-ring (bicyclic) bond motifs is 2. The first kappa shape index (κ1) is 22.2. The molecule has 1 fully saturated rings. The van der Waals surface area contributed by atoms with Crippen LogP contribution in [0.15, 0.2) is 77.8 Å². The predicted octanol–water partition coefficient (Wildman–Crippen LogP) is 6.01. The Labute approximate surface area is 201 Å². The molecule has 0 radical (unpaired) electrons. The molecule has 0 saturated carbocycles. The average molecular weight is 454 g/mol. The fourth-order valence-electron chi connectivity index (χ4n) is 4.64. The molecule has 0 N–H and O–H groups in total. The predicted molar refractivity (Wildman–Crippen MR) is 136 cm³/mol. The van der Waals surface area contributed by atoms with Gasteiger partial charge in [0.1, 0.15) is 17.3 Å². The van der Waals surface area contributed by atoms with E-state index in [9.17, 15) is 4.79 Å². The Balaban J connectivity index is 1.38. The van der Waals surface area contributed by atoms with Gasteiger partial charge in [-0.05, 0) is 54.3 Å². The van der Waals surface area contributed by atoms with Gasteiger partial charge in [-0.1, -0.05) is 57.2 Å². The van der Waals surface area contributed by atoms with Crippen molar-refractivity contribution in [2.24, 2.45) is 4.99 Å². The standard InChI is InChI=1S/C29H31N3O2/c1-20-19-31(17-18-32(20)28(33)21-13-15-22(16-14-21)29(2,3)4)27-23-9-5-7-11-25(23)34-26-12-8-6-10-24(26)30-27/h5-16,20H,17-19H2,1-4H3. The first-order valence-electron chi connectivity index (χ1n) is 11.9. The van der Waals surface area contributed by atoms with Crippen molar-refractivity contribution in [3.8, 4) is 11.5 Å². The smallest absolute Gasteiger partial charge is 0.254 e. The summed E-state index contributed by atoms with van der Waals surface area (Å²) in [5, 5.41) is 0. The molecule has 5 rings (SSSR count). The maximum atomic E-state index is 13.3. The average Bonchev–Trinajstić information content (AvgIpc) is 3.00. The van der Waals surface area contributed by atoms with Crippen molar-refractivity contribution in [1.82, 2.24) is 9.80 Å². The number of piperazine rings is 1. The summed E-state index contributed by atoms with van der Waals surface area (Å²) in [5.41, 5.74) is 3.84. The molecule has 1 atom stereocenters. The highest BCUT2D eigenvalue weighted by molar-refractivity contribution is 6.04. The number of amides is 1. The maximum Gasteiger partial charge on any atom is 0.254 e. The number of ether oxygens (including phenoxy) is 1. The van der Waals surface area contributed by atoms with Gasteiger partial charge in [0.05, 0.1) is 5.56 Å². The van der Waals surface area contributed by atoms with Gasteiger partial charge in [-0.3, -0.25) is 4.79 Å². The zero-order chi connectivity index (χ0) is 23.9. The number of rotatable bonds is 1. The largest absolute Gasteiger partial charge is 0.454 e. The van der Waals surface area contributed by atoms with E-state index in [0.717, 1.165) is 34.1 Å². The molecule has 0 bridgehead atoms. The molecule has 0 aromatic heterocycles. The summed E-state index contributed by atoms with van der Waals surface area (Å²) >= 11 is 0. The number of carbonyl (C=O) groups excluding carboxylic acids is 1. The summed E-state index contributed by atoms with van der Waals surface area (Å²) < 4.78 is 6.20. The lowest BCUT2D eigenvalue weighted by atomic mass is 9.86. The molecule has 5 heteroatoms. The molecule has 2 aliphatic heterocycles. The van der Waals surface area contributed by atoms with Crippen molar-refractivity contribution in [3.63, 3.8) is 0 Å². The van der Waals surface area contributed by atoms with E-state index in [4.69, 9.17) is 9.73 Å². The lowest BCUT2D eigenvalue weighted by Crippen LogP contribution is -2.55. The van der Waals surface area contributed by atoms with Crippen LogP contribution in [0, 0.1) is 0 Å². The highest BCUT2D eigenvalue weighted by Crippen LogP contribution is 2.38. The number of nitrogens with zero attached hydrogens (tertiary/aromatic N) is 3. The fraction of sp³-hybridized carbons (Fsp3) is 0.310. The summed E-state index contributed by atoms with van der Waals surface area (Å²) in [7, 11) is 0. The monoisotopic (exact) mass is 453 g/mol. The molecule has 0 spiro atoms. The fourth-order valence-corrected chi connectivity index (χ4v) is 4.64. The third kappa shape index (κ3) is 4.18. The molecule has 1 amide bonds. The number of benzene rings is 3. The molecular formula is C29H31N3O2. The van der Waals surface area contributed by atoms with Gasteiger partial charge >= 0.3 is 0 Å². The second-order valence-corrected chi connectivity index (χ2v) is 10.1. The van der Waals surface area contributed by atoms with E-state index in [1.807, 2.05) is 59.5 Å². The van der Waals surface area contributed by atoms with Crippen molar-refractivity contribution < 1.29 is 9.53 Å². The Kier molecular flexibility index (Phi) is 5.64. The minimum atomic E-state index is 0.0535. The van der Waals surface area contributed by atoms with E-state index in [1.54, 1.807) is 0 Å². The molecule has 3 aromatic carbocycles. The minimum absolute atomic E-state index is 0.0535. The lowest BCUT2D eigenvalue weighted by Gasteiger charge is -2.41. The van der Waals surface area contributed by atoms with Crippen molar-refractivity contribution in [3.05, 3.63) is 89.5 Å². The first-order valence-corrected chi connectivity index (χ1v) is 11.9. The molecule has 1 unspecified atom stereocenters. The Morgan fingerprint density at radius 1 is 0.912 bits per heavy atom. The van der Waals surface area contributed by atoms with E-state index in [1.165, 1.54) is 5.56 Å². The molecule has 0 aliphatic carbocycles. The topological polar surface area (TPSA) is 45.1 Å². The molecule has 34 heavy (non-hydrogen) atoms. The number of amidine groups is 1. The van der Waals surface area contributed by atoms with E-state index < -0.39 is 0 Å². The van der Waals surface area contributed by atoms with Crippen LogP contribution in [0.3, 0.4) is 0 Å². The zero-order valence-electron chi connectivity index (χ0n) is 20.3. The second-order valence-electron chi connectivity index (χ2n) is 10.1. The van der Waals surface area contributed by atoms with Gasteiger partial charge < -0.3 is 14.5 Å². The number of hydrogen-bond acceptors (Lipinski definition) is 4. The summed E-state index contributed by atoms with van der Waals surface area (Å²) in [6.45, 7) is 10.7. The van der Waals surface area contributed by atoms with Crippen LogP contribution in [-0.2, 0) is 5.41 Å². The van der Waals surface area contributed by atoms with E-state index >= 15 is 0 Å². The second kappa shape index (κ2) is 8.64. The van der Waals surface area contributed by atoms with E-state index in [2.05, 4.69) is 50.8 Å². The number of para-hydroxylation sites is 3. The molecule has 5 nitrogen and oxygen atoms in total. The molecule has 2 aliphatic rings. The Morgan fingerprint density at radius 3 is 2.29 bits per heavy atom. The van der Waals surface area contributed by atoms with E-state index in [-0.39, 0.29) is 17.4 Å². The summed E-state index contributed by atoms with van der Waals surface area (Å²) in [4.78, 5) is 22.6. The van der Waals surface area contributed by atoms with Crippen molar-refractivity contribution >= 4 is 17.4 Å². The van der Waals surface area contributed by atoms with E-state index in [0.29, 0.717) is 19.6 Å². The number of hydrogen-bond donors (Lipinski definition) is 0. The van der Waals surface area contributed by atoms with Crippen LogP contribution in [0.4, 0.5) is 5.69 Å². The van der Waals surface area contributed by atoms with Gasteiger partial charge in [-0.2, -0.15) is 0 Å². The van der Waals surface area contributed by atoms with Gasteiger partial charge in [0, 0.05) is 31.2 Å².